The summed E-state index contributed by atoms with van der Waals surface area (Å²) in [5.41, 5.74) is 6.35. The van der Waals surface area contributed by atoms with Gasteiger partial charge in [0.05, 0.1) is 18.0 Å². The average Bonchev–Trinajstić information content (AvgIpc) is 2.20. The Kier molecular flexibility index (Phi) is 4.91. The van der Waals surface area contributed by atoms with Crippen molar-refractivity contribution >= 4 is 11.4 Å². The second-order valence-electron chi connectivity index (χ2n) is 3.12. The predicted octanol–water partition coefficient (Wildman–Crippen LogP) is 2.10. The highest BCUT2D eigenvalue weighted by Crippen LogP contribution is 2.18. The molecule has 0 aromatic heterocycles. The van der Waals surface area contributed by atoms with E-state index in [2.05, 4.69) is 10.1 Å². The summed E-state index contributed by atoms with van der Waals surface area (Å²) >= 11 is 0. The molecular weight excluding hydrogens is 221 g/mol. The van der Waals surface area contributed by atoms with Crippen molar-refractivity contribution in [3.63, 3.8) is 0 Å². The van der Waals surface area contributed by atoms with E-state index in [0.29, 0.717) is 12.2 Å². The second-order valence-corrected chi connectivity index (χ2v) is 3.12. The Morgan fingerprint density at radius 1 is 1.38 bits per heavy atom. The van der Waals surface area contributed by atoms with E-state index in [1.165, 1.54) is 18.2 Å². The summed E-state index contributed by atoms with van der Waals surface area (Å²) in [6.45, 7) is -0.107. The van der Waals surface area contributed by atoms with Gasteiger partial charge >= 0.3 is 0 Å². The van der Waals surface area contributed by atoms with Crippen molar-refractivity contribution < 1.29 is 17.9 Å². The number of benzene rings is 1. The number of nitrogen functional groups attached to an aromatic ring is 1. The molecule has 0 aliphatic carbocycles. The lowest BCUT2D eigenvalue weighted by Gasteiger charge is -2.09. The van der Waals surface area contributed by atoms with Crippen molar-refractivity contribution in [1.82, 2.24) is 0 Å². The maximum atomic E-state index is 12.7. The van der Waals surface area contributed by atoms with Crippen molar-refractivity contribution in [2.75, 3.05) is 30.8 Å². The van der Waals surface area contributed by atoms with E-state index in [0.717, 1.165) is 0 Å². The van der Waals surface area contributed by atoms with E-state index in [4.69, 9.17) is 5.73 Å². The maximum Gasteiger partial charge on any atom is 0.261 e. The summed E-state index contributed by atoms with van der Waals surface area (Å²) in [4.78, 5) is 0. The van der Waals surface area contributed by atoms with E-state index in [1.54, 1.807) is 0 Å². The molecule has 0 heterocycles. The van der Waals surface area contributed by atoms with Gasteiger partial charge in [-0.25, -0.2) is 13.2 Å². The molecule has 1 aromatic carbocycles. The number of nitrogens with one attached hydrogen (secondary N) is 1. The van der Waals surface area contributed by atoms with Gasteiger partial charge in [0.15, 0.2) is 0 Å². The van der Waals surface area contributed by atoms with Gasteiger partial charge in [0.1, 0.15) is 12.4 Å². The van der Waals surface area contributed by atoms with Gasteiger partial charge in [-0.05, 0) is 18.2 Å². The summed E-state index contributed by atoms with van der Waals surface area (Å²) in [5, 5.41) is 2.85. The zero-order chi connectivity index (χ0) is 12.0. The van der Waals surface area contributed by atoms with Crippen LogP contribution in [0.4, 0.5) is 24.5 Å². The smallest absolute Gasteiger partial charge is 0.261 e. The van der Waals surface area contributed by atoms with Crippen molar-refractivity contribution in [2.45, 2.75) is 6.43 Å². The summed E-state index contributed by atoms with van der Waals surface area (Å²) in [7, 11) is 0. The molecule has 0 spiro atoms. The topological polar surface area (TPSA) is 47.3 Å². The average molecular weight is 234 g/mol. The molecule has 0 saturated heterocycles. The van der Waals surface area contributed by atoms with Crippen LogP contribution in [-0.2, 0) is 4.74 Å². The Bertz CT molecular complexity index is 334. The lowest BCUT2D eigenvalue weighted by atomic mass is 10.2. The molecule has 16 heavy (non-hydrogen) atoms. The molecule has 1 rings (SSSR count). The van der Waals surface area contributed by atoms with Gasteiger partial charge in [-0.1, -0.05) is 0 Å². The molecular formula is C10H13F3N2O. The zero-order valence-corrected chi connectivity index (χ0v) is 8.55. The normalized spacial score (nSPS) is 10.8. The van der Waals surface area contributed by atoms with Crippen molar-refractivity contribution in [1.29, 1.82) is 0 Å². The van der Waals surface area contributed by atoms with Gasteiger partial charge in [0, 0.05) is 6.54 Å². The molecule has 6 heteroatoms. The van der Waals surface area contributed by atoms with Crippen molar-refractivity contribution in [2.24, 2.45) is 0 Å². The summed E-state index contributed by atoms with van der Waals surface area (Å²) in [5.74, 6) is -0.419. The predicted molar refractivity (Wildman–Crippen MR) is 56.1 cm³/mol. The Labute approximate surface area is 91.4 Å². The van der Waals surface area contributed by atoms with Crippen LogP contribution < -0.4 is 11.1 Å². The molecule has 0 aliphatic heterocycles. The Morgan fingerprint density at radius 3 is 2.75 bits per heavy atom. The Morgan fingerprint density at radius 2 is 2.12 bits per heavy atom. The monoisotopic (exact) mass is 234 g/mol. The first-order valence-electron chi connectivity index (χ1n) is 4.74. The number of halogens is 3. The van der Waals surface area contributed by atoms with Gasteiger partial charge in [0.25, 0.3) is 6.43 Å². The van der Waals surface area contributed by atoms with Gasteiger partial charge < -0.3 is 15.8 Å². The van der Waals surface area contributed by atoms with Crippen LogP contribution in [0.5, 0.6) is 0 Å². The highest BCUT2D eigenvalue weighted by Gasteiger charge is 2.02. The lowest BCUT2D eigenvalue weighted by molar-refractivity contribution is 0.0215. The molecule has 0 amide bonds. The first-order valence-corrected chi connectivity index (χ1v) is 4.74. The fraction of sp³-hybridized carbons (Fsp3) is 0.400. The zero-order valence-electron chi connectivity index (χ0n) is 8.55. The van der Waals surface area contributed by atoms with E-state index >= 15 is 0 Å². The fourth-order valence-electron chi connectivity index (χ4n) is 1.12. The quantitative estimate of drug-likeness (QED) is 0.585. The van der Waals surface area contributed by atoms with Crippen LogP contribution in [0, 0.1) is 5.82 Å². The molecule has 0 bridgehead atoms. The number of hydrogen-bond acceptors (Lipinski definition) is 3. The summed E-state index contributed by atoms with van der Waals surface area (Å²) < 4.78 is 40.7. The first kappa shape index (κ1) is 12.6. The number of ether oxygens (including phenoxy) is 1. The fourth-order valence-corrected chi connectivity index (χ4v) is 1.12. The molecule has 0 unspecified atom stereocenters. The van der Waals surface area contributed by atoms with Crippen LogP contribution in [0.1, 0.15) is 0 Å². The van der Waals surface area contributed by atoms with Gasteiger partial charge in [-0.2, -0.15) is 0 Å². The largest absolute Gasteiger partial charge is 0.397 e. The van der Waals surface area contributed by atoms with Gasteiger partial charge in [-0.15, -0.1) is 0 Å². The number of nitrogens with two attached hydrogens (primary N) is 1. The van der Waals surface area contributed by atoms with Crippen LogP contribution in [0.25, 0.3) is 0 Å². The van der Waals surface area contributed by atoms with E-state index < -0.39 is 18.8 Å². The first-order chi connectivity index (χ1) is 7.59. The highest BCUT2D eigenvalue weighted by atomic mass is 19.3. The number of alkyl halides is 2. The molecule has 3 N–H and O–H groups in total. The summed E-state index contributed by atoms with van der Waals surface area (Å²) in [6, 6.07) is 3.93. The molecule has 0 aliphatic rings. The SMILES string of the molecule is Nc1cc(F)ccc1NCCOCC(F)F. The summed E-state index contributed by atoms with van der Waals surface area (Å²) in [6.07, 6.45) is -2.46. The van der Waals surface area contributed by atoms with Crippen LogP contribution in [0.2, 0.25) is 0 Å². The molecule has 0 radical (unpaired) electrons. The lowest BCUT2D eigenvalue weighted by Crippen LogP contribution is -2.13. The van der Waals surface area contributed by atoms with Gasteiger partial charge in [0.2, 0.25) is 0 Å². The molecule has 0 atom stereocenters. The van der Waals surface area contributed by atoms with Crippen LogP contribution in [0.3, 0.4) is 0 Å². The molecule has 1 aromatic rings. The number of rotatable bonds is 6. The third kappa shape index (κ3) is 4.39. The third-order valence-electron chi connectivity index (χ3n) is 1.82. The maximum absolute atomic E-state index is 12.7. The molecule has 0 fully saturated rings. The van der Waals surface area contributed by atoms with Crippen molar-refractivity contribution in [3.8, 4) is 0 Å². The second kappa shape index (κ2) is 6.22. The van der Waals surface area contributed by atoms with E-state index in [1.807, 2.05) is 0 Å². The minimum atomic E-state index is -2.46. The highest BCUT2D eigenvalue weighted by molar-refractivity contribution is 5.65. The molecule has 90 valence electrons. The number of hydrogen-bond donors (Lipinski definition) is 2. The number of anilines is 2. The van der Waals surface area contributed by atoms with Crippen molar-refractivity contribution in [3.05, 3.63) is 24.0 Å². The Balaban J connectivity index is 2.27. The third-order valence-corrected chi connectivity index (χ3v) is 1.82. The molecule has 3 nitrogen and oxygen atoms in total. The Hall–Kier alpha value is -1.43. The van der Waals surface area contributed by atoms with Crippen LogP contribution >= 0.6 is 0 Å². The standard InChI is InChI=1S/C10H13F3N2O/c11-7-1-2-9(8(14)5-7)15-3-4-16-6-10(12)13/h1-2,5,10,15H,3-4,6,14H2. The van der Waals surface area contributed by atoms with Crippen LogP contribution in [0.15, 0.2) is 18.2 Å². The van der Waals surface area contributed by atoms with E-state index in [-0.39, 0.29) is 12.3 Å². The molecule has 0 saturated carbocycles. The van der Waals surface area contributed by atoms with Crippen LogP contribution in [-0.4, -0.2) is 26.2 Å². The minimum absolute atomic E-state index is 0.140. The minimum Gasteiger partial charge on any atom is -0.397 e. The van der Waals surface area contributed by atoms with E-state index in [9.17, 15) is 13.2 Å². The van der Waals surface area contributed by atoms with Gasteiger partial charge in [-0.3, -0.25) is 0 Å².